The predicted molar refractivity (Wildman–Crippen MR) is 71.6 cm³/mol. The van der Waals surface area contributed by atoms with Crippen LogP contribution in [0.2, 0.25) is 0 Å². The zero-order valence-corrected chi connectivity index (χ0v) is 11.5. The van der Waals surface area contributed by atoms with Gasteiger partial charge in [-0.25, -0.2) is 9.59 Å². The first-order valence-electron chi connectivity index (χ1n) is 5.50. The lowest BCUT2D eigenvalue weighted by atomic mass is 10.3. The number of nitrogens with zero attached hydrogens (tertiary/aromatic N) is 1. The van der Waals surface area contributed by atoms with Crippen molar-refractivity contribution in [2.24, 2.45) is 0 Å². The second-order valence-corrected chi connectivity index (χ2v) is 5.74. The van der Waals surface area contributed by atoms with E-state index in [1.54, 1.807) is 11.8 Å². The topological polar surface area (TPSA) is 69.6 Å². The number of carbonyl (C=O) groups is 2. The van der Waals surface area contributed by atoms with Crippen LogP contribution in [-0.4, -0.2) is 58.2 Å². The number of amides is 2. The van der Waals surface area contributed by atoms with Crippen LogP contribution in [0.5, 0.6) is 0 Å². The molecule has 7 heteroatoms. The van der Waals surface area contributed by atoms with Crippen LogP contribution in [0.3, 0.4) is 0 Å². The first kappa shape index (κ1) is 14.5. The fourth-order valence-electron chi connectivity index (χ4n) is 1.52. The summed E-state index contributed by atoms with van der Waals surface area (Å²) in [4.78, 5) is 24.0. The third-order valence-corrected chi connectivity index (χ3v) is 4.19. The van der Waals surface area contributed by atoms with Gasteiger partial charge in [0.15, 0.2) is 0 Å². The van der Waals surface area contributed by atoms with Gasteiger partial charge in [0.2, 0.25) is 0 Å². The van der Waals surface area contributed by atoms with Crippen LogP contribution in [0.1, 0.15) is 12.8 Å². The number of thioether (sulfide) groups is 2. The number of hydrogen-bond donors (Lipinski definition) is 2. The fourth-order valence-corrected chi connectivity index (χ4v) is 3.15. The Hall–Kier alpha value is -0.560. The Kier molecular flexibility index (Phi) is 6.57. The maximum Gasteiger partial charge on any atom is 0.327 e. The third kappa shape index (κ3) is 4.67. The minimum atomic E-state index is -0.924. The van der Waals surface area contributed by atoms with E-state index in [0.717, 1.165) is 18.6 Å². The summed E-state index contributed by atoms with van der Waals surface area (Å²) in [6.07, 6.45) is 4.06. The van der Waals surface area contributed by atoms with E-state index in [-0.39, 0.29) is 6.03 Å². The van der Waals surface area contributed by atoms with Gasteiger partial charge in [0.1, 0.15) is 6.04 Å². The average Bonchev–Trinajstić information content (AvgIpc) is 2.77. The summed E-state index contributed by atoms with van der Waals surface area (Å²) in [5.74, 6) is 1.11. The number of hydrogen-bond acceptors (Lipinski definition) is 4. The molecule has 0 saturated carbocycles. The summed E-state index contributed by atoms with van der Waals surface area (Å²) in [6, 6.07) is -0.933. The van der Waals surface area contributed by atoms with Crippen LogP contribution in [0.4, 0.5) is 4.79 Å². The van der Waals surface area contributed by atoms with Gasteiger partial charge in [0, 0.05) is 12.3 Å². The second kappa shape index (κ2) is 7.71. The van der Waals surface area contributed by atoms with Gasteiger partial charge >= 0.3 is 12.0 Å². The van der Waals surface area contributed by atoms with Crippen molar-refractivity contribution in [3.8, 4) is 0 Å². The quantitative estimate of drug-likeness (QED) is 0.717. The summed E-state index contributed by atoms with van der Waals surface area (Å²) in [5, 5.41) is 11.7. The van der Waals surface area contributed by atoms with E-state index in [9.17, 15) is 9.59 Å². The highest BCUT2D eigenvalue weighted by Gasteiger charge is 2.34. The number of carboxylic acid groups (broad SMARTS) is 1. The molecular weight excluding hydrogens is 260 g/mol. The van der Waals surface area contributed by atoms with E-state index in [0.29, 0.717) is 18.2 Å². The minimum absolute atomic E-state index is 0.258. The van der Waals surface area contributed by atoms with E-state index >= 15 is 0 Å². The van der Waals surface area contributed by atoms with Crippen molar-refractivity contribution in [1.29, 1.82) is 0 Å². The van der Waals surface area contributed by atoms with Crippen LogP contribution in [0, 0.1) is 0 Å². The summed E-state index contributed by atoms with van der Waals surface area (Å²) in [7, 11) is 0. The Morgan fingerprint density at radius 2 is 2.29 bits per heavy atom. The first-order valence-corrected chi connectivity index (χ1v) is 8.05. The molecule has 1 rings (SSSR count). The fraction of sp³-hybridized carbons (Fsp3) is 0.800. The van der Waals surface area contributed by atoms with Crippen molar-refractivity contribution in [1.82, 2.24) is 10.2 Å². The van der Waals surface area contributed by atoms with Crippen molar-refractivity contribution in [3.63, 3.8) is 0 Å². The van der Waals surface area contributed by atoms with Crippen molar-refractivity contribution < 1.29 is 14.7 Å². The van der Waals surface area contributed by atoms with Gasteiger partial charge < -0.3 is 15.3 Å². The van der Waals surface area contributed by atoms with E-state index in [1.165, 1.54) is 16.7 Å². The van der Waals surface area contributed by atoms with Crippen LogP contribution < -0.4 is 5.32 Å². The molecule has 0 spiro atoms. The van der Waals surface area contributed by atoms with Crippen LogP contribution in [0.15, 0.2) is 0 Å². The molecule has 2 amide bonds. The first-order chi connectivity index (χ1) is 8.16. The Morgan fingerprint density at radius 1 is 1.53 bits per heavy atom. The molecule has 1 aliphatic heterocycles. The molecule has 5 nitrogen and oxygen atoms in total. The Bertz CT molecular complexity index is 276. The predicted octanol–water partition coefficient (Wildman–Crippen LogP) is 1.30. The van der Waals surface area contributed by atoms with Crippen LogP contribution >= 0.6 is 23.5 Å². The molecule has 1 saturated heterocycles. The van der Waals surface area contributed by atoms with E-state index in [2.05, 4.69) is 11.6 Å². The highest BCUT2D eigenvalue weighted by atomic mass is 32.2. The highest BCUT2D eigenvalue weighted by Crippen LogP contribution is 2.20. The molecule has 1 heterocycles. The highest BCUT2D eigenvalue weighted by molar-refractivity contribution is 7.99. The van der Waals surface area contributed by atoms with Gasteiger partial charge in [0.25, 0.3) is 0 Å². The third-order valence-electron chi connectivity index (χ3n) is 2.48. The molecule has 0 aromatic carbocycles. The summed E-state index contributed by atoms with van der Waals surface area (Å²) in [5.41, 5.74) is 0. The van der Waals surface area contributed by atoms with Crippen molar-refractivity contribution in [2.75, 3.05) is 30.2 Å². The van der Waals surface area contributed by atoms with E-state index in [4.69, 9.17) is 5.11 Å². The molecule has 1 unspecified atom stereocenters. The Labute approximate surface area is 110 Å². The molecule has 0 aliphatic carbocycles. The van der Waals surface area contributed by atoms with Gasteiger partial charge in [-0.15, -0.1) is 11.8 Å². The molecule has 17 heavy (non-hydrogen) atoms. The maximum atomic E-state index is 11.7. The molecule has 1 atom stereocenters. The van der Waals surface area contributed by atoms with Crippen molar-refractivity contribution >= 4 is 35.5 Å². The molecule has 2 N–H and O–H groups in total. The SMILES string of the molecule is CSCCCCNC(=O)N1CSCC1C(=O)O. The molecule has 0 aromatic heterocycles. The molecule has 0 radical (unpaired) electrons. The van der Waals surface area contributed by atoms with E-state index < -0.39 is 12.0 Å². The lowest BCUT2D eigenvalue weighted by Crippen LogP contribution is -2.47. The number of unbranched alkanes of at least 4 members (excludes halogenated alkanes) is 1. The van der Waals surface area contributed by atoms with Gasteiger partial charge in [-0.1, -0.05) is 0 Å². The largest absolute Gasteiger partial charge is 0.480 e. The minimum Gasteiger partial charge on any atom is -0.480 e. The summed E-state index contributed by atoms with van der Waals surface area (Å²) >= 11 is 3.26. The standard InChI is InChI=1S/C10H18N2O3S2/c1-16-5-3-2-4-11-10(15)12-7-17-6-8(12)9(13)14/h8H,2-7H2,1H3,(H,11,15)(H,13,14). The molecule has 98 valence electrons. The molecular formula is C10H18N2O3S2. The van der Waals surface area contributed by atoms with Crippen molar-refractivity contribution in [3.05, 3.63) is 0 Å². The molecule has 0 bridgehead atoms. The summed E-state index contributed by atoms with van der Waals surface area (Å²) in [6.45, 7) is 0.618. The van der Waals surface area contributed by atoms with Gasteiger partial charge in [-0.2, -0.15) is 11.8 Å². The summed E-state index contributed by atoms with van der Waals surface area (Å²) < 4.78 is 0. The number of nitrogens with one attached hydrogen (secondary N) is 1. The normalized spacial score (nSPS) is 19.4. The van der Waals surface area contributed by atoms with E-state index in [1.807, 2.05) is 0 Å². The Morgan fingerprint density at radius 3 is 2.94 bits per heavy atom. The number of carboxylic acids is 1. The molecule has 1 fully saturated rings. The second-order valence-electron chi connectivity index (χ2n) is 3.76. The molecule has 0 aromatic rings. The smallest absolute Gasteiger partial charge is 0.327 e. The van der Waals surface area contributed by atoms with Gasteiger partial charge in [0.05, 0.1) is 5.88 Å². The number of urea groups is 1. The van der Waals surface area contributed by atoms with Gasteiger partial charge in [-0.05, 0) is 24.9 Å². The maximum absolute atomic E-state index is 11.7. The zero-order chi connectivity index (χ0) is 12.7. The average molecular weight is 278 g/mol. The zero-order valence-electron chi connectivity index (χ0n) is 9.85. The number of rotatable bonds is 6. The lowest BCUT2D eigenvalue weighted by molar-refractivity contribution is -0.140. The monoisotopic (exact) mass is 278 g/mol. The number of carbonyl (C=O) groups excluding carboxylic acids is 1. The van der Waals surface area contributed by atoms with Crippen LogP contribution in [0.25, 0.3) is 0 Å². The number of aliphatic carboxylic acids is 1. The van der Waals surface area contributed by atoms with Crippen LogP contribution in [-0.2, 0) is 4.79 Å². The Balaban J connectivity index is 2.25. The van der Waals surface area contributed by atoms with Crippen molar-refractivity contribution in [2.45, 2.75) is 18.9 Å². The van der Waals surface area contributed by atoms with Gasteiger partial charge in [-0.3, -0.25) is 0 Å². The lowest BCUT2D eigenvalue weighted by Gasteiger charge is -2.20. The molecule has 1 aliphatic rings.